The van der Waals surface area contributed by atoms with Crippen molar-refractivity contribution in [1.29, 1.82) is 0 Å². The number of nitrogens with one attached hydrogen (secondary N) is 1. The highest BCUT2D eigenvalue weighted by Gasteiger charge is 2.31. The number of anilines is 1. The molecule has 1 unspecified atom stereocenters. The second-order valence-corrected chi connectivity index (χ2v) is 9.82. The SMILES string of the molecule is CC1CCCN(S(=O)(=O)c2cc(C(=O)OCC(=O)Nc3ccc(F)c(F)c3)ccc2Cl)C1. The Kier molecular flexibility index (Phi) is 7.47. The van der Waals surface area contributed by atoms with Crippen LogP contribution in [0.4, 0.5) is 14.5 Å². The van der Waals surface area contributed by atoms with Crippen molar-refractivity contribution in [3.63, 3.8) is 0 Å². The molecule has 0 radical (unpaired) electrons. The van der Waals surface area contributed by atoms with Crippen molar-refractivity contribution in [1.82, 2.24) is 4.31 Å². The lowest BCUT2D eigenvalue weighted by Gasteiger charge is -2.30. The number of carbonyl (C=O) groups excluding carboxylic acids is 2. The molecular formula is C21H21ClF2N2O5S. The van der Waals surface area contributed by atoms with Gasteiger partial charge in [-0.05, 0) is 49.1 Å². The van der Waals surface area contributed by atoms with Crippen molar-refractivity contribution < 1.29 is 31.5 Å². The fourth-order valence-electron chi connectivity index (χ4n) is 3.32. The van der Waals surface area contributed by atoms with Crippen LogP contribution in [0.1, 0.15) is 30.1 Å². The maximum atomic E-state index is 13.2. The third-order valence-corrected chi connectivity index (χ3v) is 7.29. The summed E-state index contributed by atoms with van der Waals surface area (Å²) in [5, 5.41) is 2.23. The molecule has 2 aromatic rings. The second kappa shape index (κ2) is 9.93. The third kappa shape index (κ3) is 5.62. The van der Waals surface area contributed by atoms with Crippen molar-refractivity contribution in [3.8, 4) is 0 Å². The average molecular weight is 487 g/mol. The summed E-state index contributed by atoms with van der Waals surface area (Å²) in [6.45, 7) is 1.97. The smallest absolute Gasteiger partial charge is 0.338 e. The number of benzene rings is 2. The molecular weight excluding hydrogens is 466 g/mol. The van der Waals surface area contributed by atoms with Gasteiger partial charge in [-0.2, -0.15) is 4.31 Å². The maximum Gasteiger partial charge on any atom is 0.338 e. The first-order valence-corrected chi connectivity index (χ1v) is 11.6. The van der Waals surface area contributed by atoms with E-state index >= 15 is 0 Å². The van der Waals surface area contributed by atoms with Gasteiger partial charge < -0.3 is 10.1 Å². The molecule has 0 spiro atoms. The number of piperidine rings is 1. The average Bonchev–Trinajstić information content (AvgIpc) is 2.75. The summed E-state index contributed by atoms with van der Waals surface area (Å²) in [6.07, 6.45) is 1.66. The highest BCUT2D eigenvalue weighted by molar-refractivity contribution is 7.89. The summed E-state index contributed by atoms with van der Waals surface area (Å²) in [4.78, 5) is 24.1. The zero-order chi connectivity index (χ0) is 23.5. The minimum Gasteiger partial charge on any atom is -0.452 e. The zero-order valence-corrected chi connectivity index (χ0v) is 18.7. The fraction of sp³-hybridized carbons (Fsp3) is 0.333. The van der Waals surface area contributed by atoms with Gasteiger partial charge in [-0.25, -0.2) is 22.0 Å². The second-order valence-electron chi connectivity index (χ2n) is 7.51. The van der Waals surface area contributed by atoms with Crippen LogP contribution in [0.15, 0.2) is 41.3 Å². The van der Waals surface area contributed by atoms with Gasteiger partial charge in [-0.3, -0.25) is 4.79 Å². The van der Waals surface area contributed by atoms with Gasteiger partial charge >= 0.3 is 5.97 Å². The molecule has 32 heavy (non-hydrogen) atoms. The number of halogens is 3. The first kappa shape index (κ1) is 24.1. The van der Waals surface area contributed by atoms with Gasteiger partial charge in [0.05, 0.1) is 10.6 Å². The van der Waals surface area contributed by atoms with Crippen LogP contribution < -0.4 is 5.32 Å². The van der Waals surface area contributed by atoms with Crippen molar-refractivity contribution in [2.75, 3.05) is 25.0 Å². The Labute approximate surface area is 189 Å². The number of hydrogen-bond acceptors (Lipinski definition) is 5. The van der Waals surface area contributed by atoms with E-state index < -0.39 is 40.1 Å². The maximum absolute atomic E-state index is 13.2. The number of esters is 1. The summed E-state index contributed by atoms with van der Waals surface area (Å²) in [7, 11) is -3.91. The lowest BCUT2D eigenvalue weighted by atomic mass is 10.0. The Morgan fingerprint density at radius 3 is 2.62 bits per heavy atom. The van der Waals surface area contributed by atoms with Crippen LogP contribution in [0.5, 0.6) is 0 Å². The Hall–Kier alpha value is -2.56. The van der Waals surface area contributed by atoms with Crippen LogP contribution in [0.2, 0.25) is 5.02 Å². The van der Waals surface area contributed by atoms with E-state index in [-0.39, 0.29) is 27.1 Å². The Bertz CT molecular complexity index is 1140. The number of rotatable bonds is 6. The number of sulfonamides is 1. The lowest BCUT2D eigenvalue weighted by molar-refractivity contribution is -0.119. The van der Waals surface area contributed by atoms with Crippen LogP contribution in [0.25, 0.3) is 0 Å². The number of amides is 1. The van der Waals surface area contributed by atoms with E-state index in [1.54, 1.807) is 0 Å². The van der Waals surface area contributed by atoms with Crippen molar-refractivity contribution >= 4 is 39.2 Å². The molecule has 11 heteroatoms. The van der Waals surface area contributed by atoms with E-state index in [2.05, 4.69) is 5.32 Å². The molecule has 1 N–H and O–H groups in total. The molecule has 1 aliphatic rings. The van der Waals surface area contributed by atoms with Gasteiger partial charge in [0, 0.05) is 24.8 Å². The van der Waals surface area contributed by atoms with Crippen molar-refractivity contribution in [2.24, 2.45) is 5.92 Å². The number of nitrogens with zero attached hydrogens (tertiary/aromatic N) is 1. The monoisotopic (exact) mass is 486 g/mol. The quantitative estimate of drug-likeness (QED) is 0.626. The van der Waals surface area contributed by atoms with E-state index in [1.807, 2.05) is 6.92 Å². The van der Waals surface area contributed by atoms with Crippen molar-refractivity contribution in [3.05, 3.63) is 58.6 Å². The molecule has 172 valence electrons. The molecule has 1 heterocycles. The van der Waals surface area contributed by atoms with Crippen LogP contribution in [0, 0.1) is 17.6 Å². The highest BCUT2D eigenvalue weighted by Crippen LogP contribution is 2.29. The fourth-order valence-corrected chi connectivity index (χ4v) is 5.42. The van der Waals surface area contributed by atoms with E-state index in [0.29, 0.717) is 13.1 Å². The molecule has 0 aromatic heterocycles. The van der Waals surface area contributed by atoms with Gasteiger partial charge in [-0.1, -0.05) is 18.5 Å². The Morgan fingerprint density at radius 2 is 1.94 bits per heavy atom. The molecule has 1 saturated heterocycles. The first-order chi connectivity index (χ1) is 15.1. The summed E-state index contributed by atoms with van der Waals surface area (Å²) in [5.41, 5.74) is -0.112. The van der Waals surface area contributed by atoms with E-state index in [1.165, 1.54) is 16.4 Å². The molecule has 0 saturated carbocycles. The molecule has 1 fully saturated rings. The van der Waals surface area contributed by atoms with Gasteiger partial charge in [0.25, 0.3) is 5.91 Å². The normalized spacial score (nSPS) is 17.1. The van der Waals surface area contributed by atoms with Crippen LogP contribution >= 0.6 is 11.6 Å². The largest absolute Gasteiger partial charge is 0.452 e. The number of hydrogen-bond donors (Lipinski definition) is 1. The Morgan fingerprint density at radius 1 is 1.19 bits per heavy atom. The van der Waals surface area contributed by atoms with Crippen LogP contribution in [0.3, 0.4) is 0 Å². The zero-order valence-electron chi connectivity index (χ0n) is 17.1. The number of carbonyl (C=O) groups is 2. The molecule has 3 rings (SSSR count). The molecule has 0 aliphatic carbocycles. The van der Waals surface area contributed by atoms with E-state index in [0.717, 1.165) is 37.1 Å². The molecule has 2 aromatic carbocycles. The molecule has 0 bridgehead atoms. The third-order valence-electron chi connectivity index (χ3n) is 4.94. The lowest BCUT2D eigenvalue weighted by Crippen LogP contribution is -2.39. The summed E-state index contributed by atoms with van der Waals surface area (Å²) in [6, 6.07) is 6.46. The van der Waals surface area contributed by atoms with Gasteiger partial charge in [-0.15, -0.1) is 0 Å². The van der Waals surface area contributed by atoms with Crippen molar-refractivity contribution in [2.45, 2.75) is 24.7 Å². The number of ether oxygens (including phenoxy) is 1. The summed E-state index contributed by atoms with van der Waals surface area (Å²) >= 11 is 6.10. The summed E-state index contributed by atoms with van der Waals surface area (Å²) < 4.78 is 58.5. The molecule has 7 nitrogen and oxygen atoms in total. The van der Waals surface area contributed by atoms with Gasteiger partial charge in [0.1, 0.15) is 4.90 Å². The molecule has 1 aliphatic heterocycles. The van der Waals surface area contributed by atoms with Gasteiger partial charge in [0.15, 0.2) is 18.2 Å². The van der Waals surface area contributed by atoms with Gasteiger partial charge in [0.2, 0.25) is 10.0 Å². The highest BCUT2D eigenvalue weighted by atomic mass is 35.5. The predicted octanol–water partition coefficient (Wildman–Crippen LogP) is 3.83. The Balaban J connectivity index is 1.68. The minimum atomic E-state index is -3.91. The summed E-state index contributed by atoms with van der Waals surface area (Å²) in [5.74, 6) is -3.72. The first-order valence-electron chi connectivity index (χ1n) is 9.79. The van der Waals surface area contributed by atoms with E-state index in [4.69, 9.17) is 16.3 Å². The topological polar surface area (TPSA) is 92.8 Å². The molecule has 1 amide bonds. The molecule has 1 atom stereocenters. The minimum absolute atomic E-state index is 0.0134. The van der Waals surface area contributed by atoms with Crippen LogP contribution in [-0.4, -0.2) is 44.3 Å². The standard InChI is InChI=1S/C21H21ClF2N2O5S/c1-13-3-2-8-26(11-13)32(29,30)19-9-14(4-6-16(19)22)21(28)31-12-20(27)25-15-5-7-17(23)18(24)10-15/h4-7,9-10,13H,2-3,8,11-12H2,1H3,(H,25,27). The van der Waals surface area contributed by atoms with E-state index in [9.17, 15) is 26.8 Å². The van der Waals surface area contributed by atoms with Crippen LogP contribution in [-0.2, 0) is 19.6 Å². The predicted molar refractivity (Wildman–Crippen MR) is 114 cm³/mol.